The minimum atomic E-state index is 0.134. The van der Waals surface area contributed by atoms with E-state index < -0.39 is 0 Å². The minimum Gasteiger partial charge on any atom is -0.330 e. The Kier molecular flexibility index (Phi) is 2.61. The van der Waals surface area contributed by atoms with E-state index in [1.165, 1.54) is 24.2 Å². The third kappa shape index (κ3) is 2.14. The summed E-state index contributed by atoms with van der Waals surface area (Å²) in [7, 11) is 2.04. The molecule has 1 heterocycles. The Morgan fingerprint density at radius 1 is 1.44 bits per heavy atom. The van der Waals surface area contributed by atoms with E-state index in [4.69, 9.17) is 5.73 Å². The second-order valence-electron chi connectivity index (χ2n) is 6.28. The van der Waals surface area contributed by atoms with Crippen LogP contribution in [0.25, 0.3) is 0 Å². The molecule has 0 spiro atoms. The van der Waals surface area contributed by atoms with Gasteiger partial charge in [-0.2, -0.15) is 5.10 Å². The summed E-state index contributed by atoms with van der Waals surface area (Å²) >= 11 is 0. The summed E-state index contributed by atoms with van der Waals surface area (Å²) in [5, 5.41) is 4.60. The van der Waals surface area contributed by atoms with Gasteiger partial charge in [-0.25, -0.2) is 0 Å². The average Bonchev–Trinajstić information content (AvgIpc) is 2.85. The molecule has 2 rings (SSSR count). The quantitative estimate of drug-likeness (QED) is 0.848. The molecule has 0 atom stereocenters. The number of aromatic nitrogens is 2. The van der Waals surface area contributed by atoms with Crippen LogP contribution in [-0.4, -0.2) is 16.3 Å². The number of hydrogen-bond donors (Lipinski definition) is 1. The first-order valence-electron chi connectivity index (χ1n) is 6.10. The molecule has 3 nitrogen and oxygen atoms in total. The van der Waals surface area contributed by atoms with Crippen LogP contribution in [-0.2, 0) is 18.9 Å². The molecule has 16 heavy (non-hydrogen) atoms. The molecular weight excluding hydrogens is 198 g/mol. The van der Waals surface area contributed by atoms with Gasteiger partial charge in [-0.15, -0.1) is 0 Å². The van der Waals surface area contributed by atoms with E-state index in [0.29, 0.717) is 5.41 Å². The molecule has 0 aliphatic heterocycles. The summed E-state index contributed by atoms with van der Waals surface area (Å²) in [6, 6.07) is 2.25. The van der Waals surface area contributed by atoms with Crippen molar-refractivity contribution >= 4 is 0 Å². The maximum absolute atomic E-state index is 5.83. The molecule has 2 N–H and O–H groups in total. The molecule has 90 valence electrons. The van der Waals surface area contributed by atoms with Crippen molar-refractivity contribution in [3.8, 4) is 0 Å². The fourth-order valence-electron chi connectivity index (χ4n) is 2.05. The van der Waals surface area contributed by atoms with Crippen molar-refractivity contribution in [3.63, 3.8) is 0 Å². The molecule has 0 bridgehead atoms. The monoisotopic (exact) mass is 221 g/mol. The van der Waals surface area contributed by atoms with Crippen molar-refractivity contribution in [2.45, 2.75) is 45.4 Å². The van der Waals surface area contributed by atoms with Crippen molar-refractivity contribution in [1.29, 1.82) is 0 Å². The summed E-state index contributed by atoms with van der Waals surface area (Å²) in [4.78, 5) is 0. The topological polar surface area (TPSA) is 43.8 Å². The van der Waals surface area contributed by atoms with Gasteiger partial charge in [0.15, 0.2) is 0 Å². The van der Waals surface area contributed by atoms with E-state index in [-0.39, 0.29) is 5.41 Å². The number of nitrogens with zero attached hydrogens (tertiary/aromatic N) is 2. The van der Waals surface area contributed by atoms with Crippen LogP contribution in [0.1, 0.15) is 45.0 Å². The molecule has 0 unspecified atom stereocenters. The highest BCUT2D eigenvalue weighted by molar-refractivity contribution is 5.20. The zero-order valence-electron chi connectivity index (χ0n) is 10.9. The number of aryl methyl sites for hydroxylation is 1. The van der Waals surface area contributed by atoms with Gasteiger partial charge < -0.3 is 5.73 Å². The fraction of sp³-hybridized carbons (Fsp3) is 0.769. The predicted octanol–water partition coefficient (Wildman–Crippen LogP) is 2.00. The molecule has 0 aromatic carbocycles. The molecular formula is C13H23N3. The van der Waals surface area contributed by atoms with E-state index in [9.17, 15) is 0 Å². The summed E-state index contributed by atoms with van der Waals surface area (Å²) in [5.74, 6) is 0. The lowest BCUT2D eigenvalue weighted by molar-refractivity contribution is 0.496. The number of hydrogen-bond acceptors (Lipinski definition) is 2. The van der Waals surface area contributed by atoms with Crippen LogP contribution in [0.4, 0.5) is 0 Å². The normalized spacial score (nSPS) is 18.8. The number of rotatable bonds is 3. The lowest BCUT2D eigenvalue weighted by Crippen LogP contribution is -2.19. The average molecular weight is 221 g/mol. The molecule has 1 aliphatic rings. The van der Waals surface area contributed by atoms with Crippen LogP contribution in [0.3, 0.4) is 0 Å². The maximum Gasteiger partial charge on any atom is 0.0680 e. The third-order valence-electron chi connectivity index (χ3n) is 3.69. The molecule has 1 aromatic heterocycles. The Labute approximate surface area is 98.0 Å². The second kappa shape index (κ2) is 3.59. The van der Waals surface area contributed by atoms with E-state index in [0.717, 1.165) is 13.0 Å². The van der Waals surface area contributed by atoms with Crippen molar-refractivity contribution in [1.82, 2.24) is 9.78 Å². The fourth-order valence-corrected chi connectivity index (χ4v) is 2.05. The third-order valence-corrected chi connectivity index (χ3v) is 3.69. The molecule has 0 amide bonds. The highest BCUT2D eigenvalue weighted by Gasteiger charge is 2.41. The highest BCUT2D eigenvalue weighted by Crippen LogP contribution is 2.47. The van der Waals surface area contributed by atoms with Crippen LogP contribution < -0.4 is 5.73 Å². The molecule has 1 saturated carbocycles. The Balaban J connectivity index is 2.19. The zero-order valence-corrected chi connectivity index (χ0v) is 10.9. The van der Waals surface area contributed by atoms with Crippen LogP contribution in [0.5, 0.6) is 0 Å². The molecule has 1 fully saturated rings. The lowest BCUT2D eigenvalue weighted by Gasteiger charge is -2.14. The van der Waals surface area contributed by atoms with Crippen LogP contribution >= 0.6 is 0 Å². The van der Waals surface area contributed by atoms with Crippen LogP contribution in [0, 0.1) is 5.41 Å². The zero-order chi connectivity index (χ0) is 12.0. The van der Waals surface area contributed by atoms with Crippen molar-refractivity contribution < 1.29 is 0 Å². The van der Waals surface area contributed by atoms with Gasteiger partial charge in [0.2, 0.25) is 0 Å². The van der Waals surface area contributed by atoms with E-state index in [1.54, 1.807) is 0 Å². The second-order valence-corrected chi connectivity index (χ2v) is 6.28. The summed E-state index contributed by atoms with van der Waals surface area (Å²) in [6.07, 6.45) is 3.64. The number of nitrogens with two attached hydrogens (primary N) is 1. The van der Waals surface area contributed by atoms with Crippen LogP contribution in [0.2, 0.25) is 0 Å². The van der Waals surface area contributed by atoms with Gasteiger partial charge in [-0.05, 0) is 37.3 Å². The van der Waals surface area contributed by atoms with Gasteiger partial charge in [0.25, 0.3) is 0 Å². The van der Waals surface area contributed by atoms with E-state index >= 15 is 0 Å². The molecule has 1 aromatic rings. The van der Waals surface area contributed by atoms with Crippen molar-refractivity contribution in [2.75, 3.05) is 6.54 Å². The van der Waals surface area contributed by atoms with E-state index in [2.05, 4.69) is 31.9 Å². The first-order chi connectivity index (χ1) is 7.36. The summed E-state index contributed by atoms with van der Waals surface area (Å²) < 4.78 is 2.02. The SMILES string of the molecule is Cn1nc(C(C)(C)C)cc1CC1(CN)CC1. The smallest absolute Gasteiger partial charge is 0.0680 e. The van der Waals surface area contributed by atoms with Gasteiger partial charge in [0.1, 0.15) is 0 Å². The van der Waals surface area contributed by atoms with Crippen molar-refractivity contribution in [3.05, 3.63) is 17.5 Å². The van der Waals surface area contributed by atoms with Crippen molar-refractivity contribution in [2.24, 2.45) is 18.2 Å². The standard InChI is InChI=1S/C13H23N3/c1-12(2,3)11-7-10(16(4)15-11)8-13(9-14)5-6-13/h7H,5-6,8-9,14H2,1-4H3. The predicted molar refractivity (Wildman–Crippen MR) is 66.3 cm³/mol. The van der Waals surface area contributed by atoms with Gasteiger partial charge >= 0.3 is 0 Å². The molecule has 0 saturated heterocycles. The molecule has 3 heteroatoms. The summed E-state index contributed by atoms with van der Waals surface area (Å²) in [5.41, 5.74) is 8.86. The van der Waals surface area contributed by atoms with Crippen LogP contribution in [0.15, 0.2) is 6.07 Å². The highest BCUT2D eigenvalue weighted by atomic mass is 15.3. The van der Waals surface area contributed by atoms with E-state index in [1.807, 2.05) is 11.7 Å². The Bertz CT molecular complexity index is 380. The Morgan fingerprint density at radius 2 is 2.06 bits per heavy atom. The molecule has 0 radical (unpaired) electrons. The first-order valence-corrected chi connectivity index (χ1v) is 6.10. The maximum atomic E-state index is 5.83. The Morgan fingerprint density at radius 3 is 2.44 bits per heavy atom. The lowest BCUT2D eigenvalue weighted by atomic mass is 9.91. The minimum absolute atomic E-state index is 0.134. The van der Waals surface area contributed by atoms with Gasteiger partial charge in [-0.3, -0.25) is 4.68 Å². The summed E-state index contributed by atoms with van der Waals surface area (Å²) in [6.45, 7) is 7.42. The van der Waals surface area contributed by atoms with Gasteiger partial charge in [0, 0.05) is 18.2 Å². The van der Waals surface area contributed by atoms with Gasteiger partial charge in [-0.1, -0.05) is 20.8 Å². The largest absolute Gasteiger partial charge is 0.330 e. The first kappa shape index (κ1) is 11.6. The molecule has 1 aliphatic carbocycles. The Hall–Kier alpha value is -0.830. The van der Waals surface area contributed by atoms with Gasteiger partial charge in [0.05, 0.1) is 5.69 Å².